The number of hydrogen-bond acceptors (Lipinski definition) is 4. The van der Waals surface area contributed by atoms with Crippen molar-refractivity contribution in [3.05, 3.63) is 46.0 Å². The molecule has 5 nitrogen and oxygen atoms in total. The van der Waals surface area contributed by atoms with Gasteiger partial charge in [0.1, 0.15) is 0 Å². The number of nitrogens with zero attached hydrogens (tertiary/aromatic N) is 1. The van der Waals surface area contributed by atoms with Gasteiger partial charge in [-0.25, -0.2) is 13.2 Å². The van der Waals surface area contributed by atoms with Gasteiger partial charge < -0.3 is 4.74 Å². The summed E-state index contributed by atoms with van der Waals surface area (Å²) in [5.41, 5.74) is 1.11. The molecular weight excluding hydrogens is 422 g/mol. The number of carbonyl (C=O) groups is 1. The van der Waals surface area contributed by atoms with Crippen molar-refractivity contribution in [1.82, 2.24) is 4.31 Å². The molecule has 0 aromatic heterocycles. The lowest BCUT2D eigenvalue weighted by atomic mass is 10.0. The quantitative estimate of drug-likeness (QED) is 0.495. The van der Waals surface area contributed by atoms with Gasteiger partial charge in [0.2, 0.25) is 10.0 Å². The van der Waals surface area contributed by atoms with Gasteiger partial charge >= 0.3 is 5.97 Å². The van der Waals surface area contributed by atoms with E-state index in [1.54, 1.807) is 6.08 Å². The summed E-state index contributed by atoms with van der Waals surface area (Å²) < 4.78 is 33.0. The van der Waals surface area contributed by atoms with Crippen LogP contribution in [0.25, 0.3) is 0 Å². The maximum atomic E-state index is 13.0. The van der Waals surface area contributed by atoms with Crippen LogP contribution in [0, 0.1) is 0 Å². The van der Waals surface area contributed by atoms with Gasteiger partial charge in [-0.2, -0.15) is 4.31 Å². The van der Waals surface area contributed by atoms with Gasteiger partial charge in [0.25, 0.3) is 0 Å². The van der Waals surface area contributed by atoms with Crippen LogP contribution in [0.4, 0.5) is 0 Å². The molecule has 1 aromatic carbocycles. The Kier molecular flexibility index (Phi) is 6.29. The van der Waals surface area contributed by atoms with Crippen molar-refractivity contribution in [3.63, 3.8) is 0 Å². The molecule has 1 heterocycles. The molecule has 0 amide bonds. The van der Waals surface area contributed by atoms with Crippen molar-refractivity contribution in [1.29, 1.82) is 0 Å². The molecule has 2 rings (SSSR count). The fourth-order valence-corrected chi connectivity index (χ4v) is 7.79. The van der Waals surface area contributed by atoms with E-state index in [1.165, 1.54) is 11.4 Å². The standard InChI is InChI=1S/C17H24BrNO4SSi/c1-23-17(20)14-9-10-19(24(21,22)11-12-25(2,3)4)16(14)13-7-5-6-8-15(13)18/h5-9,16H,10-12H2,1-4H3. The highest BCUT2D eigenvalue weighted by molar-refractivity contribution is 9.10. The number of esters is 1. The molecule has 1 aliphatic rings. The average molecular weight is 446 g/mol. The Morgan fingerprint density at radius 1 is 1.32 bits per heavy atom. The van der Waals surface area contributed by atoms with Crippen molar-refractivity contribution in [2.45, 2.75) is 31.7 Å². The summed E-state index contributed by atoms with van der Waals surface area (Å²) in [6.45, 7) is 6.63. The van der Waals surface area contributed by atoms with E-state index in [2.05, 4.69) is 35.6 Å². The lowest BCUT2D eigenvalue weighted by Gasteiger charge is -2.28. The molecular formula is C17H24BrNO4SSi. The van der Waals surface area contributed by atoms with E-state index in [9.17, 15) is 13.2 Å². The van der Waals surface area contributed by atoms with Gasteiger partial charge in [0.05, 0.1) is 24.5 Å². The van der Waals surface area contributed by atoms with Crippen molar-refractivity contribution in [3.8, 4) is 0 Å². The maximum Gasteiger partial charge on any atom is 0.335 e. The fourth-order valence-electron chi connectivity index (χ4n) is 2.72. The first-order valence-corrected chi connectivity index (χ1v) is 14.2. The Balaban J connectivity index is 2.41. The van der Waals surface area contributed by atoms with Crippen LogP contribution in [0.2, 0.25) is 25.7 Å². The van der Waals surface area contributed by atoms with Gasteiger partial charge in [-0.1, -0.05) is 59.8 Å². The van der Waals surface area contributed by atoms with Crippen LogP contribution in [0.1, 0.15) is 11.6 Å². The second kappa shape index (κ2) is 7.73. The molecule has 1 aliphatic heterocycles. The summed E-state index contributed by atoms with van der Waals surface area (Å²) in [5.74, 6) is -0.393. The van der Waals surface area contributed by atoms with Gasteiger partial charge in [0.15, 0.2) is 0 Å². The number of benzene rings is 1. The van der Waals surface area contributed by atoms with E-state index in [4.69, 9.17) is 4.74 Å². The minimum atomic E-state index is -3.49. The number of ether oxygens (including phenoxy) is 1. The lowest BCUT2D eigenvalue weighted by molar-refractivity contribution is -0.136. The van der Waals surface area contributed by atoms with Gasteiger partial charge in [0, 0.05) is 19.1 Å². The topological polar surface area (TPSA) is 63.7 Å². The first kappa shape index (κ1) is 20.4. The van der Waals surface area contributed by atoms with E-state index in [1.807, 2.05) is 24.3 Å². The summed E-state index contributed by atoms with van der Waals surface area (Å²) in [5, 5.41) is 0. The molecule has 0 saturated heterocycles. The molecule has 25 heavy (non-hydrogen) atoms. The van der Waals surface area contributed by atoms with Crippen LogP contribution in [-0.2, 0) is 19.6 Å². The third-order valence-corrected chi connectivity index (χ3v) is 8.79. The Hall–Kier alpha value is -0.963. The zero-order valence-electron chi connectivity index (χ0n) is 15.0. The second-order valence-electron chi connectivity index (χ2n) is 7.27. The molecule has 0 N–H and O–H groups in total. The molecule has 138 valence electrons. The molecule has 0 aliphatic carbocycles. The Labute approximate surface area is 159 Å². The van der Waals surface area contributed by atoms with E-state index in [0.29, 0.717) is 11.6 Å². The molecule has 0 radical (unpaired) electrons. The number of rotatable bonds is 6. The molecule has 1 aromatic rings. The summed E-state index contributed by atoms with van der Waals surface area (Å²) >= 11 is 3.48. The zero-order valence-corrected chi connectivity index (χ0v) is 18.4. The predicted octanol–water partition coefficient (Wildman–Crippen LogP) is 3.57. The molecule has 8 heteroatoms. The smallest absolute Gasteiger partial charge is 0.335 e. The highest BCUT2D eigenvalue weighted by Crippen LogP contribution is 2.39. The SMILES string of the molecule is COC(=O)C1=CCN(S(=O)(=O)CC[Si](C)(C)C)C1c1ccccc1Br. The van der Waals surface area contributed by atoms with E-state index in [0.717, 1.165) is 10.0 Å². The van der Waals surface area contributed by atoms with Gasteiger partial charge in [-0.15, -0.1) is 0 Å². The number of methoxy groups -OCH3 is 1. The van der Waals surface area contributed by atoms with Crippen molar-refractivity contribution >= 4 is 40.0 Å². The van der Waals surface area contributed by atoms with Gasteiger partial charge in [-0.3, -0.25) is 0 Å². The number of carbonyl (C=O) groups excluding carboxylic acids is 1. The number of sulfonamides is 1. The molecule has 0 spiro atoms. The van der Waals surface area contributed by atoms with Crippen LogP contribution in [0.15, 0.2) is 40.4 Å². The third kappa shape index (κ3) is 4.81. The molecule has 0 bridgehead atoms. The van der Waals surface area contributed by atoms with E-state index in [-0.39, 0.29) is 12.3 Å². The van der Waals surface area contributed by atoms with Crippen molar-refractivity contribution < 1.29 is 17.9 Å². The minimum Gasteiger partial charge on any atom is -0.466 e. The van der Waals surface area contributed by atoms with Crippen LogP contribution in [-0.4, -0.2) is 46.2 Å². The summed E-state index contributed by atoms with van der Waals surface area (Å²) in [7, 11) is -3.69. The van der Waals surface area contributed by atoms with Crippen LogP contribution >= 0.6 is 15.9 Å². The molecule has 0 saturated carbocycles. The van der Waals surface area contributed by atoms with Gasteiger partial charge in [-0.05, 0) is 17.7 Å². The average Bonchev–Trinajstić information content (AvgIpc) is 2.98. The monoisotopic (exact) mass is 445 g/mol. The summed E-state index contributed by atoms with van der Waals surface area (Å²) in [6, 6.07) is 7.39. The fraction of sp³-hybridized carbons (Fsp3) is 0.471. The lowest BCUT2D eigenvalue weighted by Crippen LogP contribution is -2.37. The van der Waals surface area contributed by atoms with Crippen molar-refractivity contribution in [2.75, 3.05) is 19.4 Å². The number of halogens is 1. The first-order chi connectivity index (χ1) is 11.6. The third-order valence-electron chi connectivity index (χ3n) is 4.16. The summed E-state index contributed by atoms with van der Waals surface area (Å²) in [6.07, 6.45) is 1.65. The van der Waals surface area contributed by atoms with E-state index >= 15 is 0 Å². The Bertz CT molecular complexity index is 786. The van der Waals surface area contributed by atoms with E-state index < -0.39 is 30.1 Å². The first-order valence-electron chi connectivity index (χ1n) is 8.09. The second-order valence-corrected chi connectivity index (χ2v) is 15.8. The Morgan fingerprint density at radius 3 is 2.52 bits per heavy atom. The van der Waals surface area contributed by atoms with Crippen LogP contribution in [0.5, 0.6) is 0 Å². The minimum absolute atomic E-state index is 0.103. The van der Waals surface area contributed by atoms with Crippen molar-refractivity contribution in [2.24, 2.45) is 0 Å². The largest absolute Gasteiger partial charge is 0.466 e. The highest BCUT2D eigenvalue weighted by atomic mass is 79.9. The van der Waals surface area contributed by atoms with Crippen LogP contribution < -0.4 is 0 Å². The number of hydrogen-bond donors (Lipinski definition) is 0. The Morgan fingerprint density at radius 2 is 1.96 bits per heavy atom. The normalized spacial score (nSPS) is 18.9. The zero-order chi connectivity index (χ0) is 18.8. The van der Waals surface area contributed by atoms with Crippen LogP contribution in [0.3, 0.4) is 0 Å². The predicted molar refractivity (Wildman–Crippen MR) is 106 cm³/mol. The molecule has 1 atom stereocenters. The maximum absolute atomic E-state index is 13.0. The molecule has 0 fully saturated rings. The summed E-state index contributed by atoms with van der Waals surface area (Å²) in [4.78, 5) is 12.2. The molecule has 1 unspecified atom stereocenters. The highest BCUT2D eigenvalue weighted by Gasteiger charge is 2.41.